The van der Waals surface area contributed by atoms with Gasteiger partial charge in [-0.2, -0.15) is 5.10 Å². The van der Waals surface area contributed by atoms with Gasteiger partial charge in [0.05, 0.1) is 6.54 Å². The Morgan fingerprint density at radius 1 is 1.41 bits per heavy atom. The molecule has 0 spiro atoms. The Morgan fingerprint density at radius 2 is 2.23 bits per heavy atom. The van der Waals surface area contributed by atoms with Crippen molar-refractivity contribution in [3.05, 3.63) is 40.3 Å². The average Bonchev–Trinajstić information content (AvgIpc) is 3.11. The Balaban J connectivity index is 0.00000242. The Hall–Kier alpha value is -1.09. The summed E-state index contributed by atoms with van der Waals surface area (Å²) in [5.41, 5.74) is 0. The number of aliphatic imine (C=N–C) groups is 1. The highest BCUT2D eigenvalue weighted by molar-refractivity contribution is 14.0. The summed E-state index contributed by atoms with van der Waals surface area (Å²) in [4.78, 5) is 6.91. The summed E-state index contributed by atoms with van der Waals surface area (Å²) in [6.45, 7) is 6.90. The SMILES string of the molecule is CN=C(NCc1ccc(C)s1)NCC(C)Cn1cccn1.I. The second kappa shape index (κ2) is 9.83. The maximum Gasteiger partial charge on any atom is 0.191 e. The van der Waals surface area contributed by atoms with E-state index in [-0.39, 0.29) is 24.0 Å². The summed E-state index contributed by atoms with van der Waals surface area (Å²) in [5.74, 6) is 1.32. The van der Waals surface area contributed by atoms with Crippen LogP contribution in [-0.2, 0) is 13.1 Å². The van der Waals surface area contributed by atoms with Gasteiger partial charge in [-0.3, -0.25) is 9.67 Å². The molecule has 0 saturated carbocycles. The molecule has 5 nitrogen and oxygen atoms in total. The van der Waals surface area contributed by atoms with Crippen LogP contribution in [0.25, 0.3) is 0 Å². The van der Waals surface area contributed by atoms with E-state index < -0.39 is 0 Å². The number of aromatic nitrogens is 2. The first-order chi connectivity index (χ1) is 10.2. The van der Waals surface area contributed by atoms with Crippen molar-refractivity contribution in [2.24, 2.45) is 10.9 Å². The van der Waals surface area contributed by atoms with E-state index in [4.69, 9.17) is 0 Å². The fourth-order valence-corrected chi connectivity index (χ4v) is 2.86. The van der Waals surface area contributed by atoms with Crippen LogP contribution in [0.2, 0.25) is 0 Å². The predicted molar refractivity (Wildman–Crippen MR) is 104 cm³/mol. The van der Waals surface area contributed by atoms with Crippen molar-refractivity contribution in [2.75, 3.05) is 13.6 Å². The molecule has 0 bridgehead atoms. The van der Waals surface area contributed by atoms with Crippen molar-refractivity contribution in [3.63, 3.8) is 0 Å². The Kier molecular flexibility index (Phi) is 8.47. The largest absolute Gasteiger partial charge is 0.356 e. The number of hydrogen-bond donors (Lipinski definition) is 2. The number of nitrogens with zero attached hydrogens (tertiary/aromatic N) is 3. The van der Waals surface area contributed by atoms with Crippen LogP contribution < -0.4 is 10.6 Å². The summed E-state index contributed by atoms with van der Waals surface area (Å²) in [6, 6.07) is 6.24. The second-order valence-electron chi connectivity index (χ2n) is 5.15. The lowest BCUT2D eigenvalue weighted by Gasteiger charge is -2.15. The molecule has 22 heavy (non-hydrogen) atoms. The van der Waals surface area contributed by atoms with Crippen molar-refractivity contribution in [2.45, 2.75) is 26.9 Å². The molecule has 2 N–H and O–H groups in total. The number of aryl methyl sites for hydroxylation is 1. The van der Waals surface area contributed by atoms with Crippen molar-refractivity contribution in [3.8, 4) is 0 Å². The van der Waals surface area contributed by atoms with Gasteiger partial charge < -0.3 is 10.6 Å². The summed E-state index contributed by atoms with van der Waals surface area (Å²) in [5, 5.41) is 10.9. The van der Waals surface area contributed by atoms with Gasteiger partial charge in [0.15, 0.2) is 5.96 Å². The average molecular weight is 433 g/mol. The molecule has 2 aromatic rings. The molecule has 0 amide bonds. The van der Waals surface area contributed by atoms with E-state index in [2.05, 4.69) is 46.7 Å². The fourth-order valence-electron chi connectivity index (χ4n) is 2.03. The van der Waals surface area contributed by atoms with Crippen molar-refractivity contribution in [1.29, 1.82) is 0 Å². The van der Waals surface area contributed by atoms with Crippen LogP contribution >= 0.6 is 35.3 Å². The van der Waals surface area contributed by atoms with E-state index in [1.807, 2.05) is 34.5 Å². The third-order valence-electron chi connectivity index (χ3n) is 3.13. The molecule has 0 aliphatic heterocycles. The highest BCUT2D eigenvalue weighted by atomic mass is 127. The fraction of sp³-hybridized carbons (Fsp3) is 0.467. The molecule has 122 valence electrons. The molecule has 7 heteroatoms. The van der Waals surface area contributed by atoms with E-state index in [1.54, 1.807) is 7.05 Å². The van der Waals surface area contributed by atoms with Crippen LogP contribution in [0.15, 0.2) is 35.6 Å². The molecule has 1 unspecified atom stereocenters. The van der Waals surface area contributed by atoms with Crippen LogP contribution in [0.5, 0.6) is 0 Å². The van der Waals surface area contributed by atoms with E-state index in [0.29, 0.717) is 5.92 Å². The van der Waals surface area contributed by atoms with Crippen molar-refractivity contribution < 1.29 is 0 Å². The third-order valence-corrected chi connectivity index (χ3v) is 4.13. The topological polar surface area (TPSA) is 54.2 Å². The minimum atomic E-state index is 0. The van der Waals surface area contributed by atoms with E-state index in [0.717, 1.165) is 25.6 Å². The van der Waals surface area contributed by atoms with Gasteiger partial charge in [0.25, 0.3) is 0 Å². The molecule has 0 saturated heterocycles. The van der Waals surface area contributed by atoms with E-state index >= 15 is 0 Å². The number of thiophene rings is 1. The summed E-state index contributed by atoms with van der Waals surface area (Å²) in [6.07, 6.45) is 3.80. The zero-order chi connectivity index (χ0) is 15.1. The maximum absolute atomic E-state index is 4.26. The van der Waals surface area contributed by atoms with Gasteiger partial charge in [-0.1, -0.05) is 6.92 Å². The molecular formula is C15H24IN5S. The zero-order valence-electron chi connectivity index (χ0n) is 13.2. The lowest BCUT2D eigenvalue weighted by molar-refractivity contribution is 0.443. The number of halogens is 1. The molecule has 0 aliphatic carbocycles. The number of guanidine groups is 1. The third kappa shape index (κ3) is 6.35. The van der Waals surface area contributed by atoms with Gasteiger partial charge in [-0.25, -0.2) is 0 Å². The Labute approximate surface area is 153 Å². The van der Waals surface area contributed by atoms with Crippen molar-refractivity contribution in [1.82, 2.24) is 20.4 Å². The molecule has 2 rings (SSSR count). The Bertz CT molecular complexity index is 564. The number of rotatable bonds is 6. The van der Waals surface area contributed by atoms with Crippen LogP contribution in [0.4, 0.5) is 0 Å². The lowest BCUT2D eigenvalue weighted by Crippen LogP contribution is -2.39. The minimum absolute atomic E-state index is 0. The van der Waals surface area contributed by atoms with E-state index in [9.17, 15) is 0 Å². The second-order valence-corrected chi connectivity index (χ2v) is 6.52. The summed E-state index contributed by atoms with van der Waals surface area (Å²) < 4.78 is 1.96. The molecule has 1 atom stereocenters. The maximum atomic E-state index is 4.26. The molecular weight excluding hydrogens is 409 g/mol. The van der Waals surface area contributed by atoms with E-state index in [1.165, 1.54) is 9.75 Å². The highest BCUT2D eigenvalue weighted by Crippen LogP contribution is 2.14. The van der Waals surface area contributed by atoms with Gasteiger partial charge in [0, 0.05) is 42.3 Å². The van der Waals surface area contributed by atoms with Crippen LogP contribution in [0.1, 0.15) is 16.7 Å². The predicted octanol–water partition coefficient (Wildman–Crippen LogP) is 2.87. The quantitative estimate of drug-likeness (QED) is 0.419. The Morgan fingerprint density at radius 3 is 2.82 bits per heavy atom. The molecule has 0 fully saturated rings. The molecule has 0 aliphatic rings. The molecule has 2 aromatic heterocycles. The molecule has 0 radical (unpaired) electrons. The monoisotopic (exact) mass is 433 g/mol. The normalized spacial score (nSPS) is 12.6. The summed E-state index contributed by atoms with van der Waals surface area (Å²) in [7, 11) is 1.80. The highest BCUT2D eigenvalue weighted by Gasteiger charge is 2.05. The van der Waals surface area contributed by atoms with Crippen LogP contribution in [0.3, 0.4) is 0 Å². The van der Waals surface area contributed by atoms with Gasteiger partial charge in [-0.15, -0.1) is 35.3 Å². The molecule has 2 heterocycles. The summed E-state index contributed by atoms with van der Waals surface area (Å²) >= 11 is 1.81. The standard InChI is InChI=1S/C15H23N5S.HI/c1-12(11-20-8-4-7-19-20)9-17-15(16-3)18-10-14-6-5-13(2)21-14;/h4-8,12H,9-11H2,1-3H3,(H2,16,17,18);1H. The van der Waals surface area contributed by atoms with Crippen molar-refractivity contribution >= 4 is 41.3 Å². The zero-order valence-corrected chi connectivity index (χ0v) is 16.4. The first-order valence-corrected chi connectivity index (χ1v) is 7.96. The smallest absolute Gasteiger partial charge is 0.191 e. The number of hydrogen-bond acceptors (Lipinski definition) is 3. The minimum Gasteiger partial charge on any atom is -0.356 e. The first kappa shape index (κ1) is 19.0. The van der Waals surface area contributed by atoms with Gasteiger partial charge in [0.1, 0.15) is 0 Å². The molecule has 0 aromatic carbocycles. The van der Waals surface area contributed by atoms with Crippen LogP contribution in [0, 0.1) is 12.8 Å². The first-order valence-electron chi connectivity index (χ1n) is 7.14. The van der Waals surface area contributed by atoms with Crippen LogP contribution in [-0.4, -0.2) is 29.3 Å². The lowest BCUT2D eigenvalue weighted by atomic mass is 10.2. The van der Waals surface area contributed by atoms with Gasteiger partial charge >= 0.3 is 0 Å². The number of nitrogens with one attached hydrogen (secondary N) is 2. The van der Waals surface area contributed by atoms with Gasteiger partial charge in [0.2, 0.25) is 0 Å². The van der Waals surface area contributed by atoms with Gasteiger partial charge in [-0.05, 0) is 31.0 Å².